The van der Waals surface area contributed by atoms with E-state index in [9.17, 15) is 0 Å². The molecule has 0 bridgehead atoms. The topological polar surface area (TPSA) is 21.3 Å². The number of piperidine rings is 1. The van der Waals surface area contributed by atoms with Gasteiger partial charge in [0.2, 0.25) is 0 Å². The number of hydrogen-bond donors (Lipinski definition) is 1. The molecule has 1 heterocycles. The average molecular weight is 205 g/mol. The van der Waals surface area contributed by atoms with Gasteiger partial charge >= 0.3 is 0 Å². The lowest BCUT2D eigenvalue weighted by atomic mass is 10.0. The lowest BCUT2D eigenvalue weighted by Crippen LogP contribution is -2.40. The quantitative estimate of drug-likeness (QED) is 0.818. The molecule has 1 N–H and O–H groups in total. The van der Waals surface area contributed by atoms with Crippen molar-refractivity contribution in [3.63, 3.8) is 0 Å². The minimum absolute atomic E-state index is 0.390. The number of nitrogens with one attached hydrogen (secondary N) is 1. The van der Waals surface area contributed by atoms with Crippen LogP contribution in [0, 0.1) is 0 Å². The van der Waals surface area contributed by atoms with Gasteiger partial charge in [0, 0.05) is 12.6 Å². The average Bonchev–Trinajstić information content (AvgIpc) is 2.30. The van der Waals surface area contributed by atoms with Crippen molar-refractivity contribution in [1.82, 2.24) is 5.32 Å². The highest BCUT2D eigenvalue weighted by Gasteiger charge is 2.17. The first-order chi connectivity index (χ1) is 7.34. The molecule has 1 aliphatic heterocycles. The van der Waals surface area contributed by atoms with Crippen LogP contribution in [0.2, 0.25) is 0 Å². The molecule has 0 spiro atoms. The molecular weight excluding hydrogens is 186 g/mol. The zero-order valence-electron chi connectivity index (χ0n) is 9.28. The first-order valence-corrected chi connectivity index (χ1v) is 5.73. The first kappa shape index (κ1) is 10.7. The first-order valence-electron chi connectivity index (χ1n) is 5.73. The Kier molecular flexibility index (Phi) is 3.75. The maximum absolute atomic E-state index is 5.85. The molecule has 82 valence electrons. The van der Waals surface area contributed by atoms with Gasteiger partial charge in [-0.2, -0.15) is 0 Å². The zero-order valence-corrected chi connectivity index (χ0v) is 9.28. The highest BCUT2D eigenvalue weighted by atomic mass is 16.5. The number of benzene rings is 1. The molecule has 15 heavy (non-hydrogen) atoms. The summed E-state index contributed by atoms with van der Waals surface area (Å²) in [6.45, 7) is 3.96. The molecule has 0 amide bonds. The smallest absolute Gasteiger partial charge is 0.0721 e. The molecule has 0 aliphatic carbocycles. The molecule has 0 unspecified atom stereocenters. The van der Waals surface area contributed by atoms with Gasteiger partial charge in [-0.25, -0.2) is 0 Å². The predicted octanol–water partition coefficient (Wildman–Crippen LogP) is 2.34. The Morgan fingerprint density at radius 2 is 2.07 bits per heavy atom. The van der Waals surface area contributed by atoms with Gasteiger partial charge in [0.05, 0.1) is 12.7 Å². The summed E-state index contributed by atoms with van der Waals surface area (Å²) in [6, 6.07) is 11.0. The lowest BCUT2D eigenvalue weighted by Gasteiger charge is -2.27. The van der Waals surface area contributed by atoms with E-state index in [0.29, 0.717) is 12.1 Å². The van der Waals surface area contributed by atoms with E-state index in [1.54, 1.807) is 0 Å². The van der Waals surface area contributed by atoms with Crippen LogP contribution in [-0.2, 0) is 11.3 Å². The number of hydrogen-bond acceptors (Lipinski definition) is 2. The van der Waals surface area contributed by atoms with Crippen LogP contribution in [0.15, 0.2) is 30.3 Å². The van der Waals surface area contributed by atoms with Crippen LogP contribution in [0.25, 0.3) is 0 Å². The Hall–Kier alpha value is -0.860. The van der Waals surface area contributed by atoms with Crippen LogP contribution in [0.4, 0.5) is 0 Å². The van der Waals surface area contributed by atoms with Gasteiger partial charge in [0.25, 0.3) is 0 Å². The second-order valence-electron chi connectivity index (χ2n) is 4.31. The third-order valence-corrected chi connectivity index (χ3v) is 2.94. The maximum atomic E-state index is 5.85. The lowest BCUT2D eigenvalue weighted by molar-refractivity contribution is 0.0194. The molecule has 2 nitrogen and oxygen atoms in total. The molecule has 2 rings (SSSR count). The minimum atomic E-state index is 0.390. The third-order valence-electron chi connectivity index (χ3n) is 2.94. The summed E-state index contributed by atoms with van der Waals surface area (Å²) in [5, 5.41) is 3.44. The molecule has 0 radical (unpaired) electrons. The number of ether oxygens (including phenoxy) is 1. The van der Waals surface area contributed by atoms with Gasteiger partial charge in [-0.15, -0.1) is 0 Å². The van der Waals surface area contributed by atoms with Crippen LogP contribution in [-0.4, -0.2) is 18.7 Å². The molecule has 1 fully saturated rings. The minimum Gasteiger partial charge on any atom is -0.372 e. The molecule has 1 saturated heterocycles. The summed E-state index contributed by atoms with van der Waals surface area (Å²) in [5.41, 5.74) is 1.26. The Morgan fingerprint density at radius 1 is 1.27 bits per heavy atom. The van der Waals surface area contributed by atoms with Crippen molar-refractivity contribution < 1.29 is 4.74 Å². The maximum Gasteiger partial charge on any atom is 0.0721 e. The summed E-state index contributed by atoms with van der Waals surface area (Å²) in [6.07, 6.45) is 2.79. The van der Waals surface area contributed by atoms with Crippen molar-refractivity contribution in [1.29, 1.82) is 0 Å². The highest BCUT2D eigenvalue weighted by Crippen LogP contribution is 2.12. The van der Waals surface area contributed by atoms with E-state index in [1.165, 1.54) is 18.4 Å². The van der Waals surface area contributed by atoms with Crippen LogP contribution in [0.5, 0.6) is 0 Å². The molecule has 2 heteroatoms. The van der Waals surface area contributed by atoms with E-state index in [2.05, 4.69) is 36.5 Å². The Balaban J connectivity index is 1.74. The van der Waals surface area contributed by atoms with Gasteiger partial charge < -0.3 is 10.1 Å². The molecular formula is C13H19NO. The van der Waals surface area contributed by atoms with E-state index in [4.69, 9.17) is 4.74 Å². The predicted molar refractivity (Wildman–Crippen MR) is 61.7 cm³/mol. The molecule has 2 atom stereocenters. The zero-order chi connectivity index (χ0) is 10.5. The summed E-state index contributed by atoms with van der Waals surface area (Å²) < 4.78 is 5.85. The molecule has 1 aromatic rings. The Bertz CT molecular complexity index is 278. The third kappa shape index (κ3) is 3.33. The normalized spacial score (nSPS) is 26.5. The SMILES string of the molecule is C[C@@H]1CC[C@@H](OCc2ccccc2)CN1. The van der Waals surface area contributed by atoms with Crippen molar-refractivity contribution in [2.75, 3.05) is 6.54 Å². The molecule has 1 aliphatic rings. The fraction of sp³-hybridized carbons (Fsp3) is 0.538. The van der Waals surface area contributed by atoms with Crippen molar-refractivity contribution in [3.05, 3.63) is 35.9 Å². The van der Waals surface area contributed by atoms with E-state index >= 15 is 0 Å². The summed E-state index contributed by atoms with van der Waals surface area (Å²) in [4.78, 5) is 0. The van der Waals surface area contributed by atoms with Crippen LogP contribution >= 0.6 is 0 Å². The monoisotopic (exact) mass is 205 g/mol. The fourth-order valence-corrected chi connectivity index (χ4v) is 1.90. The summed E-state index contributed by atoms with van der Waals surface area (Å²) in [5.74, 6) is 0. The van der Waals surface area contributed by atoms with Gasteiger partial charge in [-0.1, -0.05) is 30.3 Å². The highest BCUT2D eigenvalue weighted by molar-refractivity contribution is 5.13. The van der Waals surface area contributed by atoms with Crippen molar-refractivity contribution >= 4 is 0 Å². The van der Waals surface area contributed by atoms with Gasteiger partial charge in [0.1, 0.15) is 0 Å². The van der Waals surface area contributed by atoms with Gasteiger partial charge in [-0.05, 0) is 25.3 Å². The van der Waals surface area contributed by atoms with Gasteiger partial charge in [-0.3, -0.25) is 0 Å². The largest absolute Gasteiger partial charge is 0.372 e. The molecule has 1 aromatic carbocycles. The van der Waals surface area contributed by atoms with Crippen LogP contribution < -0.4 is 5.32 Å². The molecule has 0 aromatic heterocycles. The van der Waals surface area contributed by atoms with Crippen LogP contribution in [0.1, 0.15) is 25.3 Å². The van der Waals surface area contributed by atoms with E-state index in [-0.39, 0.29) is 0 Å². The number of rotatable bonds is 3. The second kappa shape index (κ2) is 5.29. The Labute approximate surface area is 91.6 Å². The van der Waals surface area contributed by atoms with Gasteiger partial charge in [0.15, 0.2) is 0 Å². The Morgan fingerprint density at radius 3 is 2.73 bits per heavy atom. The van der Waals surface area contributed by atoms with E-state index in [0.717, 1.165) is 13.2 Å². The van der Waals surface area contributed by atoms with Crippen molar-refractivity contribution in [2.24, 2.45) is 0 Å². The molecule has 0 saturated carbocycles. The van der Waals surface area contributed by atoms with E-state index in [1.807, 2.05) is 6.07 Å². The van der Waals surface area contributed by atoms with Crippen LogP contribution in [0.3, 0.4) is 0 Å². The van der Waals surface area contributed by atoms with Crippen molar-refractivity contribution in [3.8, 4) is 0 Å². The standard InChI is InChI=1S/C13H19NO/c1-11-7-8-13(9-14-11)15-10-12-5-3-2-4-6-12/h2-6,11,13-14H,7-10H2,1H3/t11-,13-/m1/s1. The van der Waals surface area contributed by atoms with E-state index < -0.39 is 0 Å². The second-order valence-corrected chi connectivity index (χ2v) is 4.31. The fourth-order valence-electron chi connectivity index (χ4n) is 1.90. The summed E-state index contributed by atoms with van der Waals surface area (Å²) >= 11 is 0. The summed E-state index contributed by atoms with van der Waals surface area (Å²) in [7, 11) is 0. The van der Waals surface area contributed by atoms with Crippen molar-refractivity contribution in [2.45, 2.75) is 38.5 Å².